The Bertz CT molecular complexity index is 763. The van der Waals surface area contributed by atoms with Gasteiger partial charge in [0.15, 0.2) is 5.13 Å². The van der Waals surface area contributed by atoms with Gasteiger partial charge in [0.25, 0.3) is 0 Å². The van der Waals surface area contributed by atoms with Crippen LogP contribution in [0.4, 0.5) is 5.13 Å². The van der Waals surface area contributed by atoms with Crippen molar-refractivity contribution in [1.82, 2.24) is 9.88 Å². The molecule has 3 rings (SSSR count). The van der Waals surface area contributed by atoms with Crippen molar-refractivity contribution < 1.29 is 14.3 Å². The smallest absolute Gasteiger partial charge is 0.231 e. The average molecular weight is 388 g/mol. The number of piperidine rings is 1. The van der Waals surface area contributed by atoms with Crippen LogP contribution in [0.2, 0.25) is 0 Å². The van der Waals surface area contributed by atoms with Gasteiger partial charge in [-0.25, -0.2) is 4.98 Å². The van der Waals surface area contributed by atoms with Gasteiger partial charge in [0.05, 0.1) is 18.9 Å². The van der Waals surface area contributed by atoms with Crippen LogP contribution in [0, 0.1) is 5.92 Å². The molecule has 0 unspecified atom stereocenters. The van der Waals surface area contributed by atoms with Gasteiger partial charge in [-0.05, 0) is 31.4 Å². The van der Waals surface area contributed by atoms with E-state index in [1.807, 2.05) is 30.3 Å². The van der Waals surface area contributed by atoms with Gasteiger partial charge in [-0.3, -0.25) is 9.59 Å². The molecule has 1 aromatic heterocycles. The summed E-state index contributed by atoms with van der Waals surface area (Å²) in [5.41, 5.74) is 0. The van der Waals surface area contributed by atoms with E-state index >= 15 is 0 Å². The molecule has 0 bridgehead atoms. The molecule has 27 heavy (non-hydrogen) atoms. The van der Waals surface area contributed by atoms with E-state index < -0.39 is 0 Å². The molecular formula is C20H25N3O3S. The van der Waals surface area contributed by atoms with Gasteiger partial charge in [0.1, 0.15) is 5.75 Å². The van der Waals surface area contributed by atoms with Gasteiger partial charge in [-0.1, -0.05) is 25.1 Å². The first-order valence-electron chi connectivity index (χ1n) is 9.37. The largest absolute Gasteiger partial charge is 0.493 e. The zero-order chi connectivity index (χ0) is 19.1. The number of amides is 2. The average Bonchev–Trinajstić information content (AvgIpc) is 3.16. The minimum atomic E-state index is -0.188. The van der Waals surface area contributed by atoms with Crippen LogP contribution in [0.5, 0.6) is 5.75 Å². The summed E-state index contributed by atoms with van der Waals surface area (Å²) in [7, 11) is 0. The van der Waals surface area contributed by atoms with Crippen molar-refractivity contribution in [3.8, 4) is 5.75 Å². The summed E-state index contributed by atoms with van der Waals surface area (Å²) in [5, 5.41) is 3.53. The van der Waals surface area contributed by atoms with E-state index in [1.54, 1.807) is 11.1 Å². The van der Waals surface area contributed by atoms with Crippen LogP contribution in [0.1, 0.15) is 31.1 Å². The Morgan fingerprint density at radius 3 is 2.89 bits per heavy atom. The van der Waals surface area contributed by atoms with Crippen molar-refractivity contribution in [2.75, 3.05) is 25.0 Å². The van der Waals surface area contributed by atoms with E-state index in [-0.39, 0.29) is 17.7 Å². The molecule has 0 radical (unpaired) electrons. The standard InChI is InChI=1S/C20H25N3O3S/c1-2-17-13-21-20(27-17)22-19(25)15-7-6-11-23(14-15)18(24)10-12-26-16-8-4-3-5-9-16/h3-5,8-9,13,15H,2,6-7,10-12,14H2,1H3,(H,21,22,25)/t15-/m1/s1. The molecule has 0 saturated carbocycles. The number of hydrogen-bond acceptors (Lipinski definition) is 5. The van der Waals surface area contributed by atoms with Gasteiger partial charge >= 0.3 is 0 Å². The zero-order valence-electron chi connectivity index (χ0n) is 15.5. The van der Waals surface area contributed by atoms with E-state index in [9.17, 15) is 9.59 Å². The fourth-order valence-electron chi connectivity index (χ4n) is 3.08. The van der Waals surface area contributed by atoms with E-state index in [0.29, 0.717) is 31.2 Å². The summed E-state index contributed by atoms with van der Waals surface area (Å²) in [6.45, 7) is 3.56. The number of benzene rings is 1. The molecule has 6 nitrogen and oxygen atoms in total. The molecule has 0 spiro atoms. The number of nitrogens with zero attached hydrogens (tertiary/aromatic N) is 2. The quantitative estimate of drug-likeness (QED) is 0.791. The van der Waals surface area contributed by atoms with E-state index in [4.69, 9.17) is 4.74 Å². The lowest BCUT2D eigenvalue weighted by Crippen LogP contribution is -2.44. The molecule has 2 aromatic rings. The summed E-state index contributed by atoms with van der Waals surface area (Å²) in [5.74, 6) is 0.554. The molecule has 1 saturated heterocycles. The van der Waals surface area contributed by atoms with Crippen molar-refractivity contribution in [3.05, 3.63) is 41.4 Å². The maximum atomic E-state index is 12.5. The molecule has 2 amide bonds. The molecule has 1 aliphatic heterocycles. The summed E-state index contributed by atoms with van der Waals surface area (Å²) < 4.78 is 5.60. The number of thiazole rings is 1. The Morgan fingerprint density at radius 2 is 2.15 bits per heavy atom. The normalized spacial score (nSPS) is 16.8. The number of aryl methyl sites for hydroxylation is 1. The highest BCUT2D eigenvalue weighted by Gasteiger charge is 2.28. The Hall–Kier alpha value is -2.41. The first kappa shape index (κ1) is 19.4. The summed E-state index contributed by atoms with van der Waals surface area (Å²) >= 11 is 1.50. The van der Waals surface area contributed by atoms with E-state index in [0.717, 1.165) is 29.9 Å². The van der Waals surface area contributed by atoms with Crippen molar-refractivity contribution in [2.45, 2.75) is 32.6 Å². The van der Waals surface area contributed by atoms with Gasteiger partial charge in [0, 0.05) is 24.2 Å². The Balaban J connectivity index is 1.46. The molecule has 2 heterocycles. The molecule has 1 aliphatic rings. The highest BCUT2D eigenvalue weighted by atomic mass is 32.1. The predicted octanol–water partition coefficient (Wildman–Crippen LogP) is 3.35. The number of para-hydroxylation sites is 1. The number of anilines is 1. The second-order valence-corrected chi connectivity index (χ2v) is 7.68. The van der Waals surface area contributed by atoms with Crippen LogP contribution in [0.15, 0.2) is 36.5 Å². The molecule has 144 valence electrons. The van der Waals surface area contributed by atoms with Crippen molar-refractivity contribution in [2.24, 2.45) is 5.92 Å². The Morgan fingerprint density at radius 1 is 1.33 bits per heavy atom. The lowest BCUT2D eigenvalue weighted by molar-refractivity contribution is -0.135. The highest BCUT2D eigenvalue weighted by Crippen LogP contribution is 2.22. The first-order valence-corrected chi connectivity index (χ1v) is 10.2. The van der Waals surface area contributed by atoms with Crippen LogP contribution in [0.25, 0.3) is 0 Å². The lowest BCUT2D eigenvalue weighted by Gasteiger charge is -2.32. The fourth-order valence-corrected chi connectivity index (χ4v) is 3.84. The first-order chi connectivity index (χ1) is 13.2. The van der Waals surface area contributed by atoms with E-state index in [1.165, 1.54) is 11.3 Å². The second-order valence-electron chi connectivity index (χ2n) is 6.56. The molecule has 1 atom stereocenters. The third kappa shape index (κ3) is 5.53. The summed E-state index contributed by atoms with van der Waals surface area (Å²) in [6.07, 6.45) is 4.65. The molecule has 0 aliphatic carbocycles. The van der Waals surface area contributed by atoms with E-state index in [2.05, 4.69) is 17.2 Å². The Labute approximate surface area is 163 Å². The Kier molecular flexibility index (Phi) is 6.81. The van der Waals surface area contributed by atoms with Crippen LogP contribution < -0.4 is 10.1 Å². The fraction of sp³-hybridized carbons (Fsp3) is 0.450. The SMILES string of the molecule is CCc1cnc(NC(=O)[C@@H]2CCCN(C(=O)CCOc3ccccc3)C2)s1. The monoisotopic (exact) mass is 387 g/mol. The zero-order valence-corrected chi connectivity index (χ0v) is 16.3. The third-order valence-electron chi connectivity index (χ3n) is 4.60. The number of likely N-dealkylation sites (tertiary alicyclic amines) is 1. The van der Waals surface area contributed by atoms with Gasteiger partial charge < -0.3 is 15.0 Å². The molecule has 1 aromatic carbocycles. The van der Waals surface area contributed by atoms with Gasteiger partial charge in [0.2, 0.25) is 11.8 Å². The summed E-state index contributed by atoms with van der Waals surface area (Å²) in [6, 6.07) is 9.46. The molecule has 1 N–H and O–H groups in total. The summed E-state index contributed by atoms with van der Waals surface area (Å²) in [4.78, 5) is 32.1. The van der Waals surface area contributed by atoms with Gasteiger partial charge in [-0.2, -0.15) is 0 Å². The number of hydrogen-bond donors (Lipinski definition) is 1. The highest BCUT2D eigenvalue weighted by molar-refractivity contribution is 7.15. The minimum Gasteiger partial charge on any atom is -0.493 e. The number of nitrogens with one attached hydrogen (secondary N) is 1. The third-order valence-corrected chi connectivity index (χ3v) is 5.66. The van der Waals surface area contributed by atoms with Crippen molar-refractivity contribution >= 4 is 28.3 Å². The van der Waals surface area contributed by atoms with Crippen LogP contribution in [-0.2, 0) is 16.0 Å². The minimum absolute atomic E-state index is 0.0333. The van der Waals surface area contributed by atoms with Crippen LogP contribution in [0.3, 0.4) is 0 Å². The molecular weight excluding hydrogens is 362 g/mol. The number of rotatable bonds is 7. The maximum Gasteiger partial charge on any atom is 0.231 e. The number of ether oxygens (including phenoxy) is 1. The molecule has 1 fully saturated rings. The number of carbonyl (C=O) groups excluding carboxylic acids is 2. The number of aromatic nitrogens is 1. The lowest BCUT2D eigenvalue weighted by atomic mass is 9.97. The number of carbonyl (C=O) groups is 2. The van der Waals surface area contributed by atoms with Crippen molar-refractivity contribution in [1.29, 1.82) is 0 Å². The predicted molar refractivity (Wildman–Crippen MR) is 106 cm³/mol. The van der Waals surface area contributed by atoms with Gasteiger partial charge in [-0.15, -0.1) is 11.3 Å². The molecule has 7 heteroatoms. The maximum absolute atomic E-state index is 12.5. The van der Waals surface area contributed by atoms with Crippen molar-refractivity contribution in [3.63, 3.8) is 0 Å². The van der Waals surface area contributed by atoms with Crippen LogP contribution >= 0.6 is 11.3 Å². The second kappa shape index (κ2) is 9.50. The van der Waals surface area contributed by atoms with Crippen LogP contribution in [-0.4, -0.2) is 41.4 Å². The topological polar surface area (TPSA) is 71.5 Å².